The van der Waals surface area contributed by atoms with Gasteiger partial charge in [0.05, 0.1) is 13.2 Å². The summed E-state index contributed by atoms with van der Waals surface area (Å²) in [7, 11) is 1.55. The average molecular weight is 231 g/mol. The molecule has 0 fully saturated rings. The maximum Gasteiger partial charge on any atom is 0.124 e. The Morgan fingerprint density at radius 1 is 1.12 bits per heavy atom. The molecule has 0 saturated heterocycles. The second-order valence-corrected chi connectivity index (χ2v) is 3.77. The Hall–Kier alpha value is -1.87. The molecule has 2 nitrogen and oxygen atoms in total. The molecule has 0 spiro atoms. The van der Waals surface area contributed by atoms with Crippen LogP contribution in [0.2, 0.25) is 0 Å². The third kappa shape index (κ3) is 2.45. The van der Waals surface area contributed by atoms with Gasteiger partial charge in [0.2, 0.25) is 0 Å². The summed E-state index contributed by atoms with van der Waals surface area (Å²) in [6.07, 6.45) is 0. The normalized spacial score (nSPS) is 12.2. The van der Waals surface area contributed by atoms with Crippen molar-refractivity contribution in [2.45, 2.75) is 6.04 Å². The standard InChI is InChI=1S/C14H14FNO/c1-17-13-8-7-11(15)9-12(13)14(16)10-5-3-2-4-6-10/h2-9,14H,16H2,1H3. The van der Waals surface area contributed by atoms with E-state index in [1.807, 2.05) is 30.3 Å². The smallest absolute Gasteiger partial charge is 0.124 e. The number of hydrogen-bond donors (Lipinski definition) is 1. The van der Waals surface area contributed by atoms with E-state index in [9.17, 15) is 4.39 Å². The molecule has 2 N–H and O–H groups in total. The lowest BCUT2D eigenvalue weighted by Gasteiger charge is -2.16. The lowest BCUT2D eigenvalue weighted by Crippen LogP contribution is -2.13. The number of ether oxygens (including phenoxy) is 1. The van der Waals surface area contributed by atoms with Crippen molar-refractivity contribution in [3.8, 4) is 5.75 Å². The van der Waals surface area contributed by atoms with E-state index in [-0.39, 0.29) is 11.9 Å². The number of nitrogens with two attached hydrogens (primary N) is 1. The van der Waals surface area contributed by atoms with Crippen LogP contribution in [-0.2, 0) is 0 Å². The molecule has 1 unspecified atom stereocenters. The van der Waals surface area contributed by atoms with Crippen LogP contribution in [0.5, 0.6) is 5.75 Å². The molecule has 0 saturated carbocycles. The van der Waals surface area contributed by atoms with Crippen molar-refractivity contribution >= 4 is 0 Å². The zero-order valence-corrected chi connectivity index (χ0v) is 9.56. The molecule has 0 aliphatic heterocycles. The summed E-state index contributed by atoms with van der Waals surface area (Å²) in [5.41, 5.74) is 7.69. The maximum atomic E-state index is 13.2. The highest BCUT2D eigenvalue weighted by Gasteiger charge is 2.14. The predicted octanol–water partition coefficient (Wildman–Crippen LogP) is 2.88. The minimum atomic E-state index is -0.387. The Morgan fingerprint density at radius 2 is 1.82 bits per heavy atom. The van der Waals surface area contributed by atoms with Gasteiger partial charge in [0.25, 0.3) is 0 Å². The van der Waals surface area contributed by atoms with E-state index in [0.29, 0.717) is 11.3 Å². The third-order valence-corrected chi connectivity index (χ3v) is 2.69. The van der Waals surface area contributed by atoms with Crippen LogP contribution in [0.3, 0.4) is 0 Å². The highest BCUT2D eigenvalue weighted by atomic mass is 19.1. The molecule has 0 amide bonds. The van der Waals surface area contributed by atoms with Crippen LogP contribution in [0.25, 0.3) is 0 Å². The Kier molecular flexibility index (Phi) is 3.40. The third-order valence-electron chi connectivity index (χ3n) is 2.69. The fourth-order valence-electron chi connectivity index (χ4n) is 1.79. The van der Waals surface area contributed by atoms with Gasteiger partial charge in [-0.25, -0.2) is 4.39 Å². The summed E-state index contributed by atoms with van der Waals surface area (Å²) in [4.78, 5) is 0. The topological polar surface area (TPSA) is 35.2 Å². The molecule has 0 aromatic heterocycles. The second-order valence-electron chi connectivity index (χ2n) is 3.77. The zero-order valence-electron chi connectivity index (χ0n) is 9.56. The average Bonchev–Trinajstić information content (AvgIpc) is 2.39. The van der Waals surface area contributed by atoms with E-state index in [1.54, 1.807) is 13.2 Å². The van der Waals surface area contributed by atoms with E-state index >= 15 is 0 Å². The van der Waals surface area contributed by atoms with Gasteiger partial charge in [-0.3, -0.25) is 0 Å². The van der Waals surface area contributed by atoms with E-state index in [4.69, 9.17) is 10.5 Å². The molecule has 0 bridgehead atoms. The fourth-order valence-corrected chi connectivity index (χ4v) is 1.79. The van der Waals surface area contributed by atoms with Crippen molar-refractivity contribution in [2.24, 2.45) is 5.73 Å². The number of methoxy groups -OCH3 is 1. The fraction of sp³-hybridized carbons (Fsp3) is 0.143. The first-order chi connectivity index (χ1) is 8.22. The molecule has 0 radical (unpaired) electrons. The molecule has 2 aromatic carbocycles. The first-order valence-electron chi connectivity index (χ1n) is 5.36. The number of benzene rings is 2. The first kappa shape index (κ1) is 11.6. The largest absolute Gasteiger partial charge is 0.496 e. The summed E-state index contributed by atoms with van der Waals surface area (Å²) in [5, 5.41) is 0. The highest BCUT2D eigenvalue weighted by molar-refractivity contribution is 5.41. The minimum Gasteiger partial charge on any atom is -0.496 e. The van der Waals surface area contributed by atoms with Crippen molar-refractivity contribution in [3.63, 3.8) is 0 Å². The Balaban J connectivity index is 2.43. The quantitative estimate of drug-likeness (QED) is 0.881. The van der Waals surface area contributed by atoms with Crippen LogP contribution >= 0.6 is 0 Å². The van der Waals surface area contributed by atoms with Gasteiger partial charge in [-0.1, -0.05) is 30.3 Å². The molecule has 0 heterocycles. The summed E-state index contributed by atoms with van der Waals surface area (Å²) >= 11 is 0. The lowest BCUT2D eigenvalue weighted by atomic mass is 9.99. The molecule has 3 heteroatoms. The van der Waals surface area contributed by atoms with E-state index in [2.05, 4.69) is 0 Å². The van der Waals surface area contributed by atoms with Crippen LogP contribution in [0.1, 0.15) is 17.2 Å². The molecule has 0 aliphatic carbocycles. The highest BCUT2D eigenvalue weighted by Crippen LogP contribution is 2.28. The van der Waals surface area contributed by atoms with Crippen LogP contribution in [0.4, 0.5) is 4.39 Å². The van der Waals surface area contributed by atoms with Crippen molar-refractivity contribution in [1.29, 1.82) is 0 Å². The van der Waals surface area contributed by atoms with Gasteiger partial charge in [-0.05, 0) is 23.8 Å². The molecule has 17 heavy (non-hydrogen) atoms. The Labute approximate surface area is 99.8 Å². The Bertz CT molecular complexity index is 499. The van der Waals surface area contributed by atoms with Gasteiger partial charge in [0.1, 0.15) is 11.6 Å². The van der Waals surface area contributed by atoms with Gasteiger partial charge in [0.15, 0.2) is 0 Å². The molecule has 1 atom stereocenters. The lowest BCUT2D eigenvalue weighted by molar-refractivity contribution is 0.406. The molecule has 2 rings (SSSR count). The molecule has 2 aromatic rings. The van der Waals surface area contributed by atoms with E-state index in [0.717, 1.165) is 5.56 Å². The molecular weight excluding hydrogens is 217 g/mol. The predicted molar refractivity (Wildman–Crippen MR) is 65.4 cm³/mol. The van der Waals surface area contributed by atoms with Crippen molar-refractivity contribution in [1.82, 2.24) is 0 Å². The minimum absolute atomic E-state index is 0.313. The maximum absolute atomic E-state index is 13.2. The number of hydrogen-bond acceptors (Lipinski definition) is 2. The second kappa shape index (κ2) is 4.97. The van der Waals surface area contributed by atoms with Crippen molar-refractivity contribution < 1.29 is 9.13 Å². The molecular formula is C14H14FNO. The van der Waals surface area contributed by atoms with Gasteiger partial charge in [-0.2, -0.15) is 0 Å². The molecule has 0 aliphatic rings. The van der Waals surface area contributed by atoms with Crippen LogP contribution in [-0.4, -0.2) is 7.11 Å². The van der Waals surface area contributed by atoms with Crippen LogP contribution in [0, 0.1) is 5.82 Å². The number of halogens is 1. The monoisotopic (exact) mass is 231 g/mol. The van der Waals surface area contributed by atoms with E-state index in [1.165, 1.54) is 12.1 Å². The van der Waals surface area contributed by atoms with Crippen LogP contribution in [0.15, 0.2) is 48.5 Å². The van der Waals surface area contributed by atoms with Gasteiger partial charge in [0, 0.05) is 5.56 Å². The summed E-state index contributed by atoms with van der Waals surface area (Å²) in [6.45, 7) is 0. The van der Waals surface area contributed by atoms with Gasteiger partial charge < -0.3 is 10.5 Å². The molecule has 88 valence electrons. The van der Waals surface area contributed by atoms with Gasteiger partial charge >= 0.3 is 0 Å². The zero-order chi connectivity index (χ0) is 12.3. The summed E-state index contributed by atoms with van der Waals surface area (Å²) < 4.78 is 18.4. The summed E-state index contributed by atoms with van der Waals surface area (Å²) in [5.74, 6) is 0.287. The van der Waals surface area contributed by atoms with Crippen molar-refractivity contribution in [3.05, 3.63) is 65.5 Å². The Morgan fingerprint density at radius 3 is 2.47 bits per heavy atom. The van der Waals surface area contributed by atoms with Crippen molar-refractivity contribution in [2.75, 3.05) is 7.11 Å². The van der Waals surface area contributed by atoms with E-state index < -0.39 is 0 Å². The number of rotatable bonds is 3. The van der Waals surface area contributed by atoms with Gasteiger partial charge in [-0.15, -0.1) is 0 Å². The van der Waals surface area contributed by atoms with Crippen LogP contribution < -0.4 is 10.5 Å². The summed E-state index contributed by atoms with van der Waals surface area (Å²) in [6, 6.07) is 13.5. The first-order valence-corrected chi connectivity index (χ1v) is 5.36. The SMILES string of the molecule is COc1ccc(F)cc1C(N)c1ccccc1.